The van der Waals surface area contributed by atoms with Crippen LogP contribution in [0.4, 0.5) is 0 Å². The molecule has 2 aromatic rings. The lowest BCUT2D eigenvalue weighted by Crippen LogP contribution is -2.31. The molecule has 21 heavy (non-hydrogen) atoms. The minimum atomic E-state index is 0.902. The van der Waals surface area contributed by atoms with E-state index in [-0.39, 0.29) is 0 Å². The number of hydrogen-bond donors (Lipinski definition) is 0. The Balaban J connectivity index is 1.74. The Hall–Kier alpha value is -1.81. The second kappa shape index (κ2) is 6.31. The van der Waals surface area contributed by atoms with Crippen molar-refractivity contribution in [1.82, 2.24) is 19.9 Å². The molecule has 0 aromatic carbocycles. The van der Waals surface area contributed by atoms with E-state index in [0.717, 1.165) is 44.7 Å². The number of nitrogens with zero attached hydrogens (tertiary/aromatic N) is 4. The largest absolute Gasteiger partial charge is 0.291 e. The number of pyridine rings is 1. The van der Waals surface area contributed by atoms with Crippen molar-refractivity contribution in [1.29, 1.82) is 0 Å². The van der Waals surface area contributed by atoms with Crippen LogP contribution in [0.2, 0.25) is 0 Å². The molecule has 0 unspecified atom stereocenters. The molecular weight excluding hydrogens is 260 g/mol. The van der Waals surface area contributed by atoms with Gasteiger partial charge in [0.1, 0.15) is 5.82 Å². The summed E-state index contributed by atoms with van der Waals surface area (Å²) in [7, 11) is 0. The van der Waals surface area contributed by atoms with Crippen LogP contribution in [0.15, 0.2) is 24.5 Å². The predicted molar refractivity (Wildman–Crippen MR) is 82.8 cm³/mol. The summed E-state index contributed by atoms with van der Waals surface area (Å²) in [6.45, 7) is 7.16. The van der Waals surface area contributed by atoms with Gasteiger partial charge in [0.05, 0.1) is 11.4 Å². The van der Waals surface area contributed by atoms with Crippen molar-refractivity contribution < 1.29 is 0 Å². The van der Waals surface area contributed by atoms with Gasteiger partial charge in [0.25, 0.3) is 0 Å². The van der Waals surface area contributed by atoms with Crippen molar-refractivity contribution in [2.24, 2.45) is 0 Å². The highest BCUT2D eigenvalue weighted by molar-refractivity contribution is 5.22. The monoisotopic (exact) mass is 282 g/mol. The lowest BCUT2D eigenvalue weighted by atomic mass is 10.1. The van der Waals surface area contributed by atoms with E-state index in [9.17, 15) is 0 Å². The number of hydrogen-bond acceptors (Lipinski definition) is 4. The van der Waals surface area contributed by atoms with Crippen LogP contribution in [0.3, 0.4) is 0 Å². The standard InChI is InChI=1S/C17H22N4/c1-3-5-17-19-10-14-7-9-21(12-16(14)20-17)11-15-13(2)6-4-8-18-15/h4,6,8,10H,3,5,7,9,11-12H2,1-2H3. The van der Waals surface area contributed by atoms with Crippen molar-refractivity contribution in [2.45, 2.75) is 46.2 Å². The van der Waals surface area contributed by atoms with Crippen LogP contribution in [0, 0.1) is 6.92 Å². The predicted octanol–water partition coefficient (Wildman–Crippen LogP) is 2.69. The van der Waals surface area contributed by atoms with Gasteiger partial charge in [0, 0.05) is 38.4 Å². The van der Waals surface area contributed by atoms with E-state index in [2.05, 4.69) is 34.8 Å². The van der Waals surface area contributed by atoms with Gasteiger partial charge in [-0.15, -0.1) is 0 Å². The summed E-state index contributed by atoms with van der Waals surface area (Å²) in [5, 5.41) is 0. The van der Waals surface area contributed by atoms with Crippen LogP contribution >= 0.6 is 0 Å². The minimum absolute atomic E-state index is 0.902. The molecule has 0 fully saturated rings. The molecule has 0 N–H and O–H groups in total. The maximum absolute atomic E-state index is 4.74. The van der Waals surface area contributed by atoms with Gasteiger partial charge >= 0.3 is 0 Å². The molecule has 110 valence electrons. The third-order valence-electron chi connectivity index (χ3n) is 4.04. The average Bonchev–Trinajstić information content (AvgIpc) is 2.50. The van der Waals surface area contributed by atoms with Gasteiger partial charge in [0.2, 0.25) is 0 Å². The molecule has 3 heterocycles. The van der Waals surface area contributed by atoms with Crippen LogP contribution in [0.25, 0.3) is 0 Å². The molecule has 0 atom stereocenters. The van der Waals surface area contributed by atoms with E-state index in [0.29, 0.717) is 0 Å². The quantitative estimate of drug-likeness (QED) is 0.864. The second-order valence-corrected chi connectivity index (χ2v) is 5.74. The maximum atomic E-state index is 4.74. The molecule has 1 aliphatic rings. The van der Waals surface area contributed by atoms with Crippen molar-refractivity contribution in [3.05, 3.63) is 52.9 Å². The zero-order chi connectivity index (χ0) is 14.7. The summed E-state index contributed by atoms with van der Waals surface area (Å²) >= 11 is 0. The summed E-state index contributed by atoms with van der Waals surface area (Å²) in [4.78, 5) is 16.1. The molecule has 1 aliphatic heterocycles. The number of rotatable bonds is 4. The van der Waals surface area contributed by atoms with E-state index in [1.165, 1.54) is 22.5 Å². The first-order valence-electron chi connectivity index (χ1n) is 7.72. The zero-order valence-electron chi connectivity index (χ0n) is 12.8. The summed E-state index contributed by atoms with van der Waals surface area (Å²) in [6.07, 6.45) is 6.99. The number of aromatic nitrogens is 3. The summed E-state index contributed by atoms with van der Waals surface area (Å²) in [5.74, 6) is 0.979. The van der Waals surface area contributed by atoms with E-state index >= 15 is 0 Å². The van der Waals surface area contributed by atoms with E-state index in [1.54, 1.807) is 0 Å². The highest BCUT2D eigenvalue weighted by Crippen LogP contribution is 2.19. The highest BCUT2D eigenvalue weighted by atomic mass is 15.1. The fourth-order valence-electron chi connectivity index (χ4n) is 2.77. The molecule has 0 spiro atoms. The Bertz CT molecular complexity index is 624. The molecule has 4 heteroatoms. The summed E-state index contributed by atoms with van der Waals surface area (Å²) in [5.41, 5.74) is 4.94. The fourth-order valence-corrected chi connectivity index (χ4v) is 2.77. The van der Waals surface area contributed by atoms with Gasteiger partial charge in [-0.05, 0) is 37.0 Å². The molecule has 0 radical (unpaired) electrons. The van der Waals surface area contributed by atoms with Gasteiger partial charge < -0.3 is 0 Å². The maximum Gasteiger partial charge on any atom is 0.128 e. The van der Waals surface area contributed by atoms with Crippen LogP contribution in [0.1, 0.15) is 41.7 Å². The normalized spacial score (nSPS) is 15.0. The molecule has 0 saturated heterocycles. The summed E-state index contributed by atoms with van der Waals surface area (Å²) < 4.78 is 0. The molecular formula is C17H22N4. The first kappa shape index (κ1) is 14.1. The molecule has 3 rings (SSSR count). The van der Waals surface area contributed by atoms with Crippen LogP contribution in [0.5, 0.6) is 0 Å². The van der Waals surface area contributed by atoms with Crippen molar-refractivity contribution >= 4 is 0 Å². The Morgan fingerprint density at radius 1 is 1.29 bits per heavy atom. The van der Waals surface area contributed by atoms with Gasteiger partial charge in [-0.1, -0.05) is 13.0 Å². The van der Waals surface area contributed by atoms with E-state index in [1.807, 2.05) is 18.5 Å². The van der Waals surface area contributed by atoms with E-state index in [4.69, 9.17) is 4.98 Å². The fraction of sp³-hybridized carbons (Fsp3) is 0.471. The van der Waals surface area contributed by atoms with E-state index < -0.39 is 0 Å². The van der Waals surface area contributed by atoms with Crippen LogP contribution < -0.4 is 0 Å². The molecule has 0 saturated carbocycles. The van der Waals surface area contributed by atoms with Gasteiger partial charge in [-0.2, -0.15) is 0 Å². The summed E-state index contributed by atoms with van der Waals surface area (Å²) in [6, 6.07) is 4.12. The lowest BCUT2D eigenvalue weighted by Gasteiger charge is -2.28. The smallest absolute Gasteiger partial charge is 0.128 e. The second-order valence-electron chi connectivity index (χ2n) is 5.74. The van der Waals surface area contributed by atoms with Gasteiger partial charge in [-0.3, -0.25) is 9.88 Å². The zero-order valence-corrected chi connectivity index (χ0v) is 12.8. The number of fused-ring (bicyclic) bond motifs is 1. The highest BCUT2D eigenvalue weighted by Gasteiger charge is 2.19. The molecule has 4 nitrogen and oxygen atoms in total. The Labute approximate surface area is 126 Å². The molecule has 0 aliphatic carbocycles. The topological polar surface area (TPSA) is 41.9 Å². The third-order valence-corrected chi connectivity index (χ3v) is 4.04. The average molecular weight is 282 g/mol. The molecule has 0 amide bonds. The Kier molecular flexibility index (Phi) is 4.25. The Morgan fingerprint density at radius 2 is 2.19 bits per heavy atom. The SMILES string of the molecule is CCCc1ncc2c(n1)CN(Cc1ncccc1C)CC2. The van der Waals surface area contributed by atoms with Crippen molar-refractivity contribution in [3.63, 3.8) is 0 Å². The van der Waals surface area contributed by atoms with Gasteiger partial charge in [-0.25, -0.2) is 9.97 Å². The van der Waals surface area contributed by atoms with Gasteiger partial charge in [0.15, 0.2) is 0 Å². The first-order chi connectivity index (χ1) is 10.3. The first-order valence-corrected chi connectivity index (χ1v) is 7.72. The third kappa shape index (κ3) is 3.27. The lowest BCUT2D eigenvalue weighted by molar-refractivity contribution is 0.237. The van der Waals surface area contributed by atoms with Crippen molar-refractivity contribution in [3.8, 4) is 0 Å². The van der Waals surface area contributed by atoms with Crippen LogP contribution in [-0.2, 0) is 25.9 Å². The number of aryl methyl sites for hydroxylation is 2. The van der Waals surface area contributed by atoms with Crippen LogP contribution in [-0.4, -0.2) is 26.4 Å². The van der Waals surface area contributed by atoms with Crippen molar-refractivity contribution in [2.75, 3.05) is 6.54 Å². The Morgan fingerprint density at radius 3 is 3.00 bits per heavy atom. The minimum Gasteiger partial charge on any atom is -0.291 e. The molecule has 2 aromatic heterocycles. The molecule has 0 bridgehead atoms.